The topological polar surface area (TPSA) is 80.9 Å². The fraction of sp³-hybridized carbons (Fsp3) is 1.00. The molecule has 0 unspecified atom stereocenters. The lowest BCUT2D eigenvalue weighted by Crippen LogP contribution is -2.52. The van der Waals surface area contributed by atoms with Crippen molar-refractivity contribution in [2.75, 3.05) is 78.8 Å². The van der Waals surface area contributed by atoms with Crippen molar-refractivity contribution in [3.63, 3.8) is 0 Å². The van der Waals surface area contributed by atoms with Crippen molar-refractivity contribution < 1.29 is 29.4 Å². The Kier molecular flexibility index (Phi) is 36.4. The van der Waals surface area contributed by atoms with Crippen molar-refractivity contribution in [3.05, 3.63) is 0 Å². The van der Waals surface area contributed by atoms with Crippen molar-refractivity contribution in [1.29, 1.82) is 0 Å². The van der Waals surface area contributed by atoms with Crippen LogP contribution in [0.25, 0.3) is 0 Å². The molecule has 0 atom stereocenters. The van der Waals surface area contributed by atoms with Gasteiger partial charge < -0.3 is 29.4 Å². The summed E-state index contributed by atoms with van der Waals surface area (Å²) in [5.41, 5.74) is 0. The molecule has 0 aliphatic heterocycles. The van der Waals surface area contributed by atoms with Crippen molar-refractivity contribution in [2.45, 2.75) is 194 Å². The van der Waals surface area contributed by atoms with Gasteiger partial charge >= 0.3 is 0 Å². The molecule has 0 rings (SSSR count). The number of aliphatic hydroxyl groups is 4. The number of rotatable bonds is 41. The van der Waals surface area contributed by atoms with E-state index in [1.54, 1.807) is 0 Å². The molecule has 6 nitrogen and oxygen atoms in total. The summed E-state index contributed by atoms with van der Waals surface area (Å²) in [5.74, 6) is 0. The van der Waals surface area contributed by atoms with Crippen molar-refractivity contribution in [1.82, 2.24) is 0 Å². The van der Waals surface area contributed by atoms with Crippen LogP contribution in [0.2, 0.25) is 0 Å². The molecule has 0 radical (unpaired) electrons. The van der Waals surface area contributed by atoms with E-state index in [1.165, 1.54) is 180 Å². The van der Waals surface area contributed by atoms with Gasteiger partial charge in [-0.2, -0.15) is 0 Å². The van der Waals surface area contributed by atoms with E-state index in [1.807, 2.05) is 0 Å². The van der Waals surface area contributed by atoms with E-state index in [-0.39, 0.29) is 26.4 Å². The van der Waals surface area contributed by atoms with Gasteiger partial charge in [0.15, 0.2) is 0 Å². The molecule has 0 aromatic carbocycles. The first-order valence-electron chi connectivity index (χ1n) is 21.7. The van der Waals surface area contributed by atoms with Gasteiger partial charge in [0.05, 0.1) is 52.6 Å². The smallest absolute Gasteiger partial charge is 0.102 e. The average Bonchev–Trinajstić information content (AvgIpc) is 3.08. The highest BCUT2D eigenvalue weighted by Crippen LogP contribution is 2.19. The molecule has 0 aromatic heterocycles. The molecule has 0 aliphatic carbocycles. The Morgan fingerprint density at radius 2 is 0.396 bits per heavy atom. The molecule has 0 aliphatic rings. The maximum atomic E-state index is 9.83. The molecule has 0 amide bonds. The minimum Gasteiger partial charge on any atom is -0.391 e. The minimum absolute atomic E-state index is 0.216. The first-order valence-corrected chi connectivity index (χ1v) is 21.7. The molecule has 48 heavy (non-hydrogen) atoms. The van der Waals surface area contributed by atoms with Crippen LogP contribution in [0.5, 0.6) is 0 Å². The first kappa shape index (κ1) is 47.8. The Morgan fingerprint density at radius 1 is 0.229 bits per heavy atom. The third-order valence-corrected chi connectivity index (χ3v) is 11.3. The highest BCUT2D eigenvalue weighted by atomic mass is 16.3. The van der Waals surface area contributed by atoms with Crippen LogP contribution in [0.15, 0.2) is 0 Å². The summed E-state index contributed by atoms with van der Waals surface area (Å²) in [6.45, 7) is 12.9. The van der Waals surface area contributed by atoms with Gasteiger partial charge in [0.2, 0.25) is 0 Å². The Hall–Kier alpha value is -0.240. The molecule has 0 saturated heterocycles. The quantitative estimate of drug-likeness (QED) is 0.0382. The summed E-state index contributed by atoms with van der Waals surface area (Å²) in [5, 5.41) is 39.3. The van der Waals surface area contributed by atoms with Crippen LogP contribution in [0.3, 0.4) is 0 Å². The van der Waals surface area contributed by atoms with E-state index in [0.717, 1.165) is 61.3 Å². The zero-order valence-electron chi connectivity index (χ0n) is 33.0. The molecule has 6 heteroatoms. The normalized spacial score (nSPS) is 12.4. The van der Waals surface area contributed by atoms with Crippen LogP contribution in [0.4, 0.5) is 0 Å². The van der Waals surface area contributed by atoms with E-state index in [0.29, 0.717) is 0 Å². The average molecular weight is 687 g/mol. The van der Waals surface area contributed by atoms with E-state index in [9.17, 15) is 20.4 Å². The van der Waals surface area contributed by atoms with Gasteiger partial charge in [0.1, 0.15) is 26.2 Å². The van der Waals surface area contributed by atoms with Crippen molar-refractivity contribution in [2.24, 2.45) is 0 Å². The third-order valence-electron chi connectivity index (χ3n) is 11.3. The predicted octanol–water partition coefficient (Wildman–Crippen LogP) is 9.55. The minimum atomic E-state index is 0.216. The molecule has 290 valence electrons. The van der Waals surface area contributed by atoms with Crippen LogP contribution >= 0.6 is 0 Å². The van der Waals surface area contributed by atoms with E-state index < -0.39 is 0 Å². The molecule has 0 aromatic rings. The molecular formula is C42H90N2O4+2. The maximum Gasteiger partial charge on any atom is 0.102 e. The number of hydrogen-bond donors (Lipinski definition) is 4. The zero-order chi connectivity index (χ0) is 35.3. The zero-order valence-corrected chi connectivity index (χ0v) is 33.0. The van der Waals surface area contributed by atoms with Gasteiger partial charge in [0, 0.05) is 0 Å². The van der Waals surface area contributed by atoms with Crippen LogP contribution in [-0.2, 0) is 0 Å². The summed E-state index contributed by atoms with van der Waals surface area (Å²) >= 11 is 0. The monoisotopic (exact) mass is 687 g/mol. The Morgan fingerprint density at radius 3 is 0.562 bits per heavy atom. The summed E-state index contributed by atoms with van der Waals surface area (Å²) in [6, 6.07) is 0. The number of aliphatic hydroxyl groups excluding tert-OH is 4. The summed E-state index contributed by atoms with van der Waals surface area (Å²) in [7, 11) is 0. The molecular weight excluding hydrogens is 596 g/mol. The third kappa shape index (κ3) is 28.5. The van der Waals surface area contributed by atoms with E-state index in [4.69, 9.17) is 0 Å². The highest BCUT2D eigenvalue weighted by Gasteiger charge is 2.26. The Labute approximate surface area is 301 Å². The second-order valence-corrected chi connectivity index (χ2v) is 15.6. The number of quaternary nitrogens is 2. The maximum absolute atomic E-state index is 9.83. The molecule has 0 saturated carbocycles. The largest absolute Gasteiger partial charge is 0.391 e. The lowest BCUT2D eigenvalue weighted by molar-refractivity contribution is -0.929. The number of nitrogens with zero attached hydrogens (tertiary/aromatic N) is 2. The van der Waals surface area contributed by atoms with Gasteiger partial charge in [-0.25, -0.2) is 0 Å². The summed E-state index contributed by atoms with van der Waals surface area (Å²) < 4.78 is 1.79. The first-order chi connectivity index (χ1) is 23.6. The Bertz CT molecular complexity index is 556. The fourth-order valence-electron chi connectivity index (χ4n) is 8.01. The summed E-state index contributed by atoms with van der Waals surface area (Å²) in [4.78, 5) is 0. The Balaban J connectivity index is 4.19. The van der Waals surface area contributed by atoms with Gasteiger partial charge in [-0.1, -0.05) is 142 Å². The number of hydrogen-bond acceptors (Lipinski definition) is 4. The second-order valence-electron chi connectivity index (χ2n) is 15.6. The SMILES string of the molecule is CCCCCCCCCCCC[N+](CCO)(CCO)CCCCCCCCCC[N+](CCO)(CCO)CCCCCCCCCCCC. The molecule has 4 N–H and O–H groups in total. The van der Waals surface area contributed by atoms with E-state index >= 15 is 0 Å². The fourth-order valence-corrected chi connectivity index (χ4v) is 8.01. The van der Waals surface area contributed by atoms with Crippen molar-refractivity contribution in [3.8, 4) is 0 Å². The van der Waals surface area contributed by atoms with Crippen LogP contribution in [0, 0.1) is 0 Å². The van der Waals surface area contributed by atoms with Gasteiger partial charge in [0.25, 0.3) is 0 Å². The second kappa shape index (κ2) is 36.5. The van der Waals surface area contributed by atoms with Crippen LogP contribution in [-0.4, -0.2) is 108 Å². The molecule has 0 fully saturated rings. The highest BCUT2D eigenvalue weighted by molar-refractivity contribution is 4.55. The molecule has 0 bridgehead atoms. The standard InChI is InChI=1S/C42H90N2O4/c1-3-5-7-9-11-13-15-19-23-27-31-43(35-39-45,36-40-46)33-29-25-21-17-18-22-26-30-34-44(37-41-47,38-42-48)32-28-24-20-16-14-12-10-8-6-4-2/h45-48H,3-42H2,1-2H3/q+2. The van der Waals surface area contributed by atoms with Crippen LogP contribution in [0.1, 0.15) is 194 Å². The van der Waals surface area contributed by atoms with Crippen LogP contribution < -0.4 is 0 Å². The van der Waals surface area contributed by atoms with Gasteiger partial charge in [-0.3, -0.25) is 0 Å². The summed E-state index contributed by atoms with van der Waals surface area (Å²) in [6.07, 6.45) is 37.0. The molecule has 0 spiro atoms. The number of unbranched alkanes of at least 4 members (excludes halogenated alkanes) is 25. The van der Waals surface area contributed by atoms with Crippen molar-refractivity contribution >= 4 is 0 Å². The van der Waals surface area contributed by atoms with Gasteiger partial charge in [-0.05, 0) is 51.4 Å². The lowest BCUT2D eigenvalue weighted by atomic mass is 10.0. The van der Waals surface area contributed by atoms with E-state index in [2.05, 4.69) is 13.8 Å². The molecule has 0 heterocycles. The van der Waals surface area contributed by atoms with Gasteiger partial charge in [-0.15, -0.1) is 0 Å². The predicted molar refractivity (Wildman–Crippen MR) is 208 cm³/mol. The lowest BCUT2D eigenvalue weighted by Gasteiger charge is -2.38.